The number of nitrogens with one attached hydrogen (secondary N) is 1. The molecule has 29 heavy (non-hydrogen) atoms. The van der Waals surface area contributed by atoms with E-state index in [4.69, 9.17) is 14.2 Å². The van der Waals surface area contributed by atoms with Gasteiger partial charge in [-0.1, -0.05) is 12.1 Å². The van der Waals surface area contributed by atoms with Crippen molar-refractivity contribution in [2.24, 2.45) is 0 Å². The molecule has 0 aliphatic carbocycles. The number of rotatable bonds is 8. The molecule has 0 unspecified atom stereocenters. The van der Waals surface area contributed by atoms with Crippen molar-refractivity contribution < 1.29 is 19.0 Å². The van der Waals surface area contributed by atoms with Crippen LogP contribution in [0.2, 0.25) is 0 Å². The summed E-state index contributed by atoms with van der Waals surface area (Å²) < 4.78 is 16.0. The Bertz CT molecular complexity index is 957. The van der Waals surface area contributed by atoms with Gasteiger partial charge in [0.05, 0.1) is 20.2 Å². The summed E-state index contributed by atoms with van der Waals surface area (Å²) in [6.07, 6.45) is 0. The van der Waals surface area contributed by atoms with E-state index in [2.05, 4.69) is 16.3 Å². The predicted octanol–water partition coefficient (Wildman–Crippen LogP) is 3.81. The van der Waals surface area contributed by atoms with E-state index in [-0.39, 0.29) is 19.2 Å². The molecule has 1 N–H and O–H groups in total. The van der Waals surface area contributed by atoms with E-state index >= 15 is 0 Å². The van der Waals surface area contributed by atoms with Crippen LogP contribution in [0.25, 0.3) is 0 Å². The third-order valence-corrected chi connectivity index (χ3v) is 5.49. The molecule has 1 aliphatic rings. The molecule has 6 nitrogen and oxygen atoms in total. The molecule has 0 fully saturated rings. The minimum atomic E-state index is -0.0463. The minimum Gasteiger partial charge on any atom is -0.497 e. The molecule has 1 amide bonds. The molecule has 1 aromatic heterocycles. The van der Waals surface area contributed by atoms with Crippen molar-refractivity contribution in [3.63, 3.8) is 0 Å². The number of thiophene rings is 1. The number of hydrogen-bond donors (Lipinski definition) is 1. The van der Waals surface area contributed by atoms with E-state index in [9.17, 15) is 4.79 Å². The summed E-state index contributed by atoms with van der Waals surface area (Å²) >= 11 is 1.68. The van der Waals surface area contributed by atoms with Gasteiger partial charge in [-0.2, -0.15) is 0 Å². The Morgan fingerprint density at radius 1 is 1.14 bits per heavy atom. The van der Waals surface area contributed by atoms with Gasteiger partial charge in [0, 0.05) is 17.1 Å². The highest BCUT2D eigenvalue weighted by molar-refractivity contribution is 7.09. The summed E-state index contributed by atoms with van der Waals surface area (Å²) in [4.78, 5) is 15.9. The lowest BCUT2D eigenvalue weighted by atomic mass is 10.2. The van der Waals surface area contributed by atoms with E-state index in [0.29, 0.717) is 18.8 Å². The number of anilines is 1. The first-order valence-corrected chi connectivity index (χ1v) is 10.2. The molecule has 2 aromatic carbocycles. The van der Waals surface area contributed by atoms with E-state index in [1.165, 1.54) is 4.88 Å². The summed E-state index contributed by atoms with van der Waals surface area (Å²) in [6.45, 7) is 1.60. The monoisotopic (exact) mass is 410 g/mol. The molecular formula is C22H22N2O4S. The number of hydrogen-bond acceptors (Lipinski definition) is 6. The minimum absolute atomic E-state index is 0.0463. The molecule has 0 saturated carbocycles. The van der Waals surface area contributed by atoms with Crippen molar-refractivity contribution in [1.29, 1.82) is 0 Å². The zero-order valence-electron chi connectivity index (χ0n) is 16.1. The maximum atomic E-state index is 12.7. The fraction of sp³-hybridized carbons (Fsp3) is 0.227. The van der Waals surface area contributed by atoms with Crippen LogP contribution in [0.5, 0.6) is 17.2 Å². The van der Waals surface area contributed by atoms with Crippen molar-refractivity contribution in [2.45, 2.75) is 13.1 Å². The first-order chi connectivity index (χ1) is 14.2. The topological polar surface area (TPSA) is 60.0 Å². The molecule has 4 rings (SSSR count). The van der Waals surface area contributed by atoms with Crippen LogP contribution in [0.1, 0.15) is 10.4 Å². The van der Waals surface area contributed by atoms with Crippen LogP contribution >= 0.6 is 11.3 Å². The summed E-state index contributed by atoms with van der Waals surface area (Å²) in [5, 5.41) is 5.04. The molecule has 7 heteroatoms. The molecule has 0 spiro atoms. The average Bonchev–Trinajstić information content (AvgIpc) is 3.43. The van der Waals surface area contributed by atoms with Crippen LogP contribution in [0.15, 0.2) is 60.0 Å². The molecule has 150 valence electrons. The van der Waals surface area contributed by atoms with E-state index in [1.807, 2.05) is 53.9 Å². The van der Waals surface area contributed by atoms with Crippen molar-refractivity contribution in [2.75, 3.05) is 25.3 Å². The predicted molar refractivity (Wildman–Crippen MR) is 113 cm³/mol. The van der Waals surface area contributed by atoms with Crippen LogP contribution < -0.4 is 24.4 Å². The van der Waals surface area contributed by atoms with Crippen LogP contribution in [0.3, 0.4) is 0 Å². The second-order valence-electron chi connectivity index (χ2n) is 6.60. The summed E-state index contributed by atoms with van der Waals surface area (Å²) in [5.41, 5.74) is 1.94. The second-order valence-corrected chi connectivity index (χ2v) is 7.63. The Morgan fingerprint density at radius 3 is 2.72 bits per heavy atom. The van der Waals surface area contributed by atoms with Gasteiger partial charge in [-0.05, 0) is 53.4 Å². The van der Waals surface area contributed by atoms with Crippen molar-refractivity contribution in [3.8, 4) is 17.2 Å². The van der Waals surface area contributed by atoms with Gasteiger partial charge >= 0.3 is 0 Å². The summed E-state index contributed by atoms with van der Waals surface area (Å²) in [5.74, 6) is 2.20. The Kier molecular flexibility index (Phi) is 5.86. The lowest BCUT2D eigenvalue weighted by molar-refractivity contribution is -0.119. The van der Waals surface area contributed by atoms with Gasteiger partial charge in [-0.25, -0.2) is 0 Å². The third-order valence-electron chi connectivity index (χ3n) is 4.63. The smallest absolute Gasteiger partial charge is 0.239 e. The zero-order valence-corrected chi connectivity index (χ0v) is 16.9. The van der Waals surface area contributed by atoms with Gasteiger partial charge in [0.2, 0.25) is 12.7 Å². The number of amides is 1. The molecule has 1 aliphatic heterocycles. The van der Waals surface area contributed by atoms with E-state index < -0.39 is 0 Å². The molecular weight excluding hydrogens is 388 g/mol. The van der Waals surface area contributed by atoms with Crippen molar-refractivity contribution in [1.82, 2.24) is 5.32 Å². The van der Waals surface area contributed by atoms with Gasteiger partial charge in [-0.3, -0.25) is 4.79 Å². The second kappa shape index (κ2) is 8.87. The fourth-order valence-electron chi connectivity index (χ4n) is 3.10. The SMILES string of the molecule is COc1ccc(N(CC(=O)NCc2ccc3c(c2)OCO3)Cc2cccs2)cc1. The molecule has 0 atom stereocenters. The molecule has 0 radical (unpaired) electrons. The van der Waals surface area contributed by atoms with Crippen LogP contribution in [-0.4, -0.2) is 26.4 Å². The Labute approximate surface area is 173 Å². The summed E-state index contributed by atoms with van der Waals surface area (Å²) in [7, 11) is 1.64. The zero-order chi connectivity index (χ0) is 20.1. The largest absolute Gasteiger partial charge is 0.497 e. The first kappa shape index (κ1) is 19.1. The van der Waals surface area contributed by atoms with Gasteiger partial charge in [0.1, 0.15) is 5.75 Å². The number of nitrogens with zero attached hydrogens (tertiary/aromatic N) is 1. The Hall–Kier alpha value is -3.19. The highest BCUT2D eigenvalue weighted by atomic mass is 32.1. The van der Waals surface area contributed by atoms with E-state index in [1.54, 1.807) is 18.4 Å². The lowest BCUT2D eigenvalue weighted by Crippen LogP contribution is -2.36. The number of carbonyl (C=O) groups excluding carboxylic acids is 1. The number of methoxy groups -OCH3 is 1. The van der Waals surface area contributed by atoms with Crippen LogP contribution in [0.4, 0.5) is 5.69 Å². The number of benzene rings is 2. The number of carbonyl (C=O) groups is 1. The average molecular weight is 410 g/mol. The maximum absolute atomic E-state index is 12.7. The highest BCUT2D eigenvalue weighted by Gasteiger charge is 2.15. The van der Waals surface area contributed by atoms with Crippen LogP contribution in [-0.2, 0) is 17.9 Å². The molecule has 2 heterocycles. The standard InChI is InChI=1S/C22H22N2O4S/c1-26-18-7-5-17(6-8-18)24(13-19-3-2-10-29-19)14-22(25)23-12-16-4-9-20-21(11-16)28-15-27-20/h2-11H,12-15H2,1H3,(H,23,25). The normalized spacial score (nSPS) is 11.9. The molecule has 0 saturated heterocycles. The number of ether oxygens (including phenoxy) is 3. The fourth-order valence-corrected chi connectivity index (χ4v) is 3.82. The van der Waals surface area contributed by atoms with Gasteiger partial charge < -0.3 is 24.4 Å². The molecule has 0 bridgehead atoms. The molecule has 3 aromatic rings. The van der Waals surface area contributed by atoms with Gasteiger partial charge in [0.15, 0.2) is 11.5 Å². The number of fused-ring (bicyclic) bond motifs is 1. The van der Waals surface area contributed by atoms with Crippen molar-refractivity contribution >= 4 is 22.9 Å². The van der Waals surface area contributed by atoms with Crippen LogP contribution in [0, 0.1) is 0 Å². The highest BCUT2D eigenvalue weighted by Crippen LogP contribution is 2.32. The van der Waals surface area contributed by atoms with Gasteiger partial charge in [-0.15, -0.1) is 11.3 Å². The Balaban J connectivity index is 1.41. The maximum Gasteiger partial charge on any atom is 0.239 e. The quantitative estimate of drug-likeness (QED) is 0.612. The first-order valence-electron chi connectivity index (χ1n) is 9.28. The Morgan fingerprint density at radius 2 is 1.97 bits per heavy atom. The third kappa shape index (κ3) is 4.81. The van der Waals surface area contributed by atoms with Crippen molar-refractivity contribution in [3.05, 3.63) is 70.4 Å². The van der Waals surface area contributed by atoms with Gasteiger partial charge in [0.25, 0.3) is 0 Å². The summed E-state index contributed by atoms with van der Waals surface area (Å²) in [6, 6.07) is 17.5. The van der Waals surface area contributed by atoms with E-state index in [0.717, 1.165) is 22.7 Å². The lowest BCUT2D eigenvalue weighted by Gasteiger charge is -2.24.